The van der Waals surface area contributed by atoms with Crippen LogP contribution in [0.15, 0.2) is 15.2 Å². The maximum absolute atomic E-state index is 11.5. The number of thiophene rings is 1. The first kappa shape index (κ1) is 13.2. The number of carbonyl (C=O) groups is 2. The van der Waals surface area contributed by atoms with Crippen LogP contribution in [-0.4, -0.2) is 23.5 Å². The number of aliphatic carboxylic acids is 1. The van der Waals surface area contributed by atoms with Crippen molar-refractivity contribution >= 4 is 39.1 Å². The predicted octanol–water partition coefficient (Wildman–Crippen LogP) is 2.35. The van der Waals surface area contributed by atoms with E-state index >= 15 is 0 Å². The molecule has 1 aromatic heterocycles. The molecule has 88 valence electrons. The Morgan fingerprint density at radius 2 is 2.31 bits per heavy atom. The van der Waals surface area contributed by atoms with Gasteiger partial charge in [0.1, 0.15) is 0 Å². The molecule has 1 heterocycles. The van der Waals surface area contributed by atoms with Crippen LogP contribution in [0.4, 0.5) is 0 Å². The van der Waals surface area contributed by atoms with Crippen molar-refractivity contribution in [1.82, 2.24) is 5.32 Å². The number of hydrogen-bond acceptors (Lipinski definition) is 3. The van der Waals surface area contributed by atoms with Gasteiger partial charge in [-0.25, -0.2) is 0 Å². The number of hydrogen-bond donors (Lipinski definition) is 2. The third kappa shape index (κ3) is 3.94. The average Bonchev–Trinajstić information content (AvgIpc) is 2.64. The number of carboxylic acids is 1. The maximum atomic E-state index is 11.5. The smallest absolute Gasteiger partial charge is 0.306 e. The second kappa shape index (κ2) is 6.00. The molecule has 0 radical (unpaired) electrons. The Bertz CT molecular complexity index is 391. The van der Waals surface area contributed by atoms with Gasteiger partial charge in [-0.15, -0.1) is 11.3 Å². The van der Waals surface area contributed by atoms with Gasteiger partial charge in [-0.1, -0.05) is 6.92 Å². The van der Waals surface area contributed by atoms with Crippen molar-refractivity contribution in [2.75, 3.05) is 6.54 Å². The summed E-state index contributed by atoms with van der Waals surface area (Å²) in [4.78, 5) is 22.1. The summed E-state index contributed by atoms with van der Waals surface area (Å²) in [5.41, 5.74) is 0.597. The number of rotatable bonds is 5. The van der Waals surface area contributed by atoms with Crippen molar-refractivity contribution in [2.24, 2.45) is 5.92 Å². The fourth-order valence-electron chi connectivity index (χ4n) is 1.06. The summed E-state index contributed by atoms with van der Waals surface area (Å²) in [6, 6.07) is 1.74. The largest absolute Gasteiger partial charge is 0.481 e. The van der Waals surface area contributed by atoms with E-state index in [1.807, 2.05) is 0 Å². The fourth-order valence-corrected chi connectivity index (χ4v) is 2.19. The maximum Gasteiger partial charge on any atom is 0.306 e. The highest BCUT2D eigenvalue weighted by molar-refractivity contribution is 9.11. The van der Waals surface area contributed by atoms with Crippen molar-refractivity contribution in [1.29, 1.82) is 0 Å². The van der Waals surface area contributed by atoms with Gasteiger partial charge in [-0.2, -0.15) is 0 Å². The molecule has 4 nitrogen and oxygen atoms in total. The number of carbonyl (C=O) groups excluding carboxylic acids is 1. The van der Waals surface area contributed by atoms with E-state index in [-0.39, 0.29) is 5.91 Å². The lowest BCUT2D eigenvalue weighted by molar-refractivity contribution is -0.141. The van der Waals surface area contributed by atoms with Gasteiger partial charge in [-0.05, 0) is 28.4 Å². The molecule has 0 fully saturated rings. The van der Waals surface area contributed by atoms with Gasteiger partial charge in [-0.3, -0.25) is 9.59 Å². The van der Waals surface area contributed by atoms with Gasteiger partial charge in [0, 0.05) is 11.9 Å². The number of nitrogens with one attached hydrogen (secondary N) is 1. The molecule has 0 aromatic carbocycles. The quantitative estimate of drug-likeness (QED) is 0.877. The molecular weight excluding hydrogens is 294 g/mol. The van der Waals surface area contributed by atoms with Crippen LogP contribution in [0.5, 0.6) is 0 Å². The minimum Gasteiger partial charge on any atom is -0.481 e. The summed E-state index contributed by atoms with van der Waals surface area (Å²) in [6.45, 7) is 2.00. The van der Waals surface area contributed by atoms with E-state index < -0.39 is 11.9 Å². The molecule has 1 amide bonds. The highest BCUT2D eigenvalue weighted by Gasteiger charge is 2.12. The monoisotopic (exact) mass is 305 g/mol. The Labute approximate surface area is 106 Å². The van der Waals surface area contributed by atoms with E-state index in [9.17, 15) is 9.59 Å². The molecule has 16 heavy (non-hydrogen) atoms. The van der Waals surface area contributed by atoms with Gasteiger partial charge >= 0.3 is 5.97 Å². The van der Waals surface area contributed by atoms with Gasteiger partial charge in [0.25, 0.3) is 5.91 Å². The van der Waals surface area contributed by atoms with Crippen LogP contribution >= 0.6 is 27.3 Å². The molecule has 0 saturated carbocycles. The predicted molar refractivity (Wildman–Crippen MR) is 65.8 cm³/mol. The van der Waals surface area contributed by atoms with E-state index in [1.54, 1.807) is 18.4 Å². The zero-order valence-corrected chi connectivity index (χ0v) is 11.1. The van der Waals surface area contributed by atoms with Crippen molar-refractivity contribution in [3.63, 3.8) is 0 Å². The van der Waals surface area contributed by atoms with Gasteiger partial charge in [0.05, 0.1) is 15.3 Å². The van der Waals surface area contributed by atoms with Crippen LogP contribution in [0.1, 0.15) is 23.7 Å². The number of halogens is 1. The minimum absolute atomic E-state index is 0.167. The van der Waals surface area contributed by atoms with Crippen LogP contribution in [0.3, 0.4) is 0 Å². The van der Waals surface area contributed by atoms with Crippen LogP contribution < -0.4 is 5.32 Å². The van der Waals surface area contributed by atoms with Gasteiger partial charge < -0.3 is 10.4 Å². The Balaban J connectivity index is 2.34. The normalized spacial score (nSPS) is 12.1. The average molecular weight is 306 g/mol. The van der Waals surface area contributed by atoms with E-state index in [1.165, 1.54) is 11.3 Å². The van der Waals surface area contributed by atoms with Crippen molar-refractivity contribution in [3.8, 4) is 0 Å². The SMILES string of the molecule is CC(CCNC(=O)c1csc(Br)c1)C(=O)O. The third-order valence-electron chi connectivity index (χ3n) is 2.11. The number of amides is 1. The molecule has 0 aliphatic rings. The highest BCUT2D eigenvalue weighted by atomic mass is 79.9. The standard InChI is InChI=1S/C10H12BrNO3S/c1-6(10(14)15)2-3-12-9(13)7-4-8(11)16-5-7/h4-6H,2-3H2,1H3,(H,12,13)(H,14,15). The van der Waals surface area contributed by atoms with Gasteiger partial charge in [0.2, 0.25) is 0 Å². The van der Waals surface area contributed by atoms with Crippen LogP contribution in [0.25, 0.3) is 0 Å². The lowest BCUT2D eigenvalue weighted by Crippen LogP contribution is -2.26. The molecule has 1 atom stereocenters. The van der Waals surface area contributed by atoms with E-state index in [4.69, 9.17) is 5.11 Å². The summed E-state index contributed by atoms with van der Waals surface area (Å²) in [5, 5.41) is 13.1. The van der Waals surface area contributed by atoms with E-state index in [2.05, 4.69) is 21.2 Å². The molecule has 0 saturated heterocycles. The third-order valence-corrected chi connectivity index (χ3v) is 3.62. The van der Waals surface area contributed by atoms with Crippen molar-refractivity contribution in [3.05, 3.63) is 20.8 Å². The summed E-state index contributed by atoms with van der Waals surface area (Å²) in [6.07, 6.45) is 0.437. The summed E-state index contributed by atoms with van der Waals surface area (Å²) in [5.74, 6) is -1.44. The molecule has 1 unspecified atom stereocenters. The molecule has 0 aliphatic heterocycles. The zero-order valence-electron chi connectivity index (χ0n) is 8.70. The first-order valence-electron chi connectivity index (χ1n) is 4.75. The molecule has 0 bridgehead atoms. The molecule has 0 spiro atoms. The molecule has 1 rings (SSSR count). The van der Waals surface area contributed by atoms with Crippen molar-refractivity contribution in [2.45, 2.75) is 13.3 Å². The lowest BCUT2D eigenvalue weighted by atomic mass is 10.1. The summed E-state index contributed by atoms with van der Waals surface area (Å²) in [7, 11) is 0. The van der Waals surface area contributed by atoms with Crippen LogP contribution in [-0.2, 0) is 4.79 Å². The fraction of sp³-hybridized carbons (Fsp3) is 0.400. The second-order valence-corrected chi connectivity index (χ2v) is 5.71. The van der Waals surface area contributed by atoms with E-state index in [0.717, 1.165) is 3.79 Å². The molecule has 1 aromatic rings. The topological polar surface area (TPSA) is 66.4 Å². The van der Waals surface area contributed by atoms with Crippen LogP contribution in [0, 0.1) is 5.92 Å². The van der Waals surface area contributed by atoms with Gasteiger partial charge in [0.15, 0.2) is 0 Å². The first-order valence-corrected chi connectivity index (χ1v) is 6.43. The first-order chi connectivity index (χ1) is 7.50. The van der Waals surface area contributed by atoms with Crippen molar-refractivity contribution < 1.29 is 14.7 Å². The Hall–Kier alpha value is -0.880. The second-order valence-electron chi connectivity index (χ2n) is 3.42. The zero-order chi connectivity index (χ0) is 12.1. The Kier molecular flexibility index (Phi) is 4.95. The van der Waals surface area contributed by atoms with Crippen LogP contribution in [0.2, 0.25) is 0 Å². The molecular formula is C10H12BrNO3S. The molecule has 0 aliphatic carbocycles. The number of carboxylic acid groups (broad SMARTS) is 1. The minimum atomic E-state index is -0.840. The summed E-state index contributed by atoms with van der Waals surface area (Å²) >= 11 is 4.71. The summed E-state index contributed by atoms with van der Waals surface area (Å²) < 4.78 is 0.900. The Morgan fingerprint density at radius 1 is 1.62 bits per heavy atom. The highest BCUT2D eigenvalue weighted by Crippen LogP contribution is 2.20. The van der Waals surface area contributed by atoms with E-state index in [0.29, 0.717) is 18.5 Å². The Morgan fingerprint density at radius 3 is 2.81 bits per heavy atom. The lowest BCUT2D eigenvalue weighted by Gasteiger charge is -2.06. The molecule has 2 N–H and O–H groups in total. The molecule has 6 heteroatoms.